The Bertz CT molecular complexity index is 521. The predicted octanol–water partition coefficient (Wildman–Crippen LogP) is 2.62. The molecule has 0 aromatic heterocycles. The zero-order chi connectivity index (χ0) is 14.4. The number of imide groups is 1. The number of urea groups is 1. The molecule has 3 N–H and O–H groups in total. The fourth-order valence-corrected chi connectivity index (χ4v) is 1.87. The Labute approximate surface area is 122 Å². The van der Waals surface area contributed by atoms with Crippen LogP contribution in [-0.4, -0.2) is 23.0 Å². The summed E-state index contributed by atoms with van der Waals surface area (Å²) in [4.78, 5) is 32.9. The Morgan fingerprint density at radius 1 is 1.26 bits per heavy atom. The number of carboxylic acids is 1. The number of halogens is 2. The highest BCUT2D eigenvalue weighted by Gasteiger charge is 2.11. The molecule has 19 heavy (non-hydrogen) atoms. The van der Waals surface area contributed by atoms with Crippen LogP contribution in [0, 0.1) is 0 Å². The lowest BCUT2D eigenvalue weighted by atomic mass is 10.3. The summed E-state index contributed by atoms with van der Waals surface area (Å²) >= 11 is 9.09. The lowest BCUT2D eigenvalue weighted by Gasteiger charge is -2.08. The third kappa shape index (κ3) is 5.71. The minimum atomic E-state index is -1.11. The lowest BCUT2D eigenvalue weighted by molar-refractivity contribution is -0.138. The van der Waals surface area contributed by atoms with Crippen molar-refractivity contribution in [2.45, 2.75) is 12.8 Å². The SMILES string of the molecule is O=C(O)CCC(=O)NC(=O)Nc1ccc(Br)cc1Cl. The second-order valence-corrected chi connectivity index (χ2v) is 4.84. The molecule has 0 aliphatic heterocycles. The summed E-state index contributed by atoms with van der Waals surface area (Å²) < 4.78 is 0.751. The average molecular weight is 350 g/mol. The summed E-state index contributed by atoms with van der Waals surface area (Å²) in [6.45, 7) is 0. The van der Waals surface area contributed by atoms with Gasteiger partial charge in [0, 0.05) is 10.9 Å². The molecule has 0 spiro atoms. The van der Waals surface area contributed by atoms with E-state index in [9.17, 15) is 14.4 Å². The van der Waals surface area contributed by atoms with E-state index in [0.717, 1.165) is 4.47 Å². The molecule has 0 fully saturated rings. The van der Waals surface area contributed by atoms with E-state index >= 15 is 0 Å². The van der Waals surface area contributed by atoms with E-state index in [4.69, 9.17) is 16.7 Å². The van der Waals surface area contributed by atoms with Gasteiger partial charge in [0.1, 0.15) is 0 Å². The molecular formula is C11H10BrClN2O4. The monoisotopic (exact) mass is 348 g/mol. The number of amides is 3. The Morgan fingerprint density at radius 3 is 2.53 bits per heavy atom. The maximum atomic E-state index is 11.4. The summed E-state index contributed by atoms with van der Waals surface area (Å²) in [5, 5.41) is 13.1. The van der Waals surface area contributed by atoms with E-state index in [2.05, 4.69) is 21.2 Å². The fraction of sp³-hybridized carbons (Fsp3) is 0.182. The number of carboxylic acid groups (broad SMARTS) is 1. The smallest absolute Gasteiger partial charge is 0.325 e. The van der Waals surface area contributed by atoms with Crippen molar-refractivity contribution >= 4 is 51.1 Å². The van der Waals surface area contributed by atoms with E-state index in [-0.39, 0.29) is 12.8 Å². The number of hydrogen-bond acceptors (Lipinski definition) is 3. The van der Waals surface area contributed by atoms with Crippen LogP contribution in [0.2, 0.25) is 5.02 Å². The fourth-order valence-electron chi connectivity index (χ4n) is 1.15. The minimum Gasteiger partial charge on any atom is -0.481 e. The standard InChI is InChI=1S/C11H10BrClN2O4/c12-6-1-2-8(7(13)5-6)14-11(19)15-9(16)3-4-10(17)18/h1-2,5H,3-4H2,(H,17,18)(H2,14,15,16,19). The van der Waals surface area contributed by atoms with Crippen molar-refractivity contribution in [1.82, 2.24) is 5.32 Å². The molecule has 0 radical (unpaired) electrons. The number of rotatable bonds is 4. The minimum absolute atomic E-state index is 0.267. The van der Waals surface area contributed by atoms with Crippen LogP contribution in [0.25, 0.3) is 0 Å². The van der Waals surface area contributed by atoms with Crippen LogP contribution in [0.3, 0.4) is 0 Å². The van der Waals surface area contributed by atoms with Gasteiger partial charge in [0.25, 0.3) is 0 Å². The van der Waals surface area contributed by atoms with E-state index in [1.807, 2.05) is 5.32 Å². The number of hydrogen-bond donors (Lipinski definition) is 3. The van der Waals surface area contributed by atoms with E-state index < -0.39 is 17.9 Å². The lowest BCUT2D eigenvalue weighted by Crippen LogP contribution is -2.34. The first-order valence-corrected chi connectivity index (χ1v) is 6.33. The maximum absolute atomic E-state index is 11.4. The number of benzene rings is 1. The van der Waals surface area contributed by atoms with Gasteiger partial charge in [-0.3, -0.25) is 14.9 Å². The first-order valence-electron chi connectivity index (χ1n) is 5.16. The van der Waals surface area contributed by atoms with Crippen molar-refractivity contribution < 1.29 is 19.5 Å². The second kappa shape index (κ2) is 7.10. The number of anilines is 1. The predicted molar refractivity (Wildman–Crippen MR) is 73.2 cm³/mol. The number of carbonyl (C=O) groups is 3. The molecule has 1 aromatic carbocycles. The Kier molecular flexibility index (Phi) is 5.78. The summed E-state index contributed by atoms with van der Waals surface area (Å²) in [6.07, 6.45) is -0.602. The Hall–Kier alpha value is -1.60. The van der Waals surface area contributed by atoms with Gasteiger partial charge in [-0.2, -0.15) is 0 Å². The van der Waals surface area contributed by atoms with Gasteiger partial charge in [-0.15, -0.1) is 0 Å². The van der Waals surface area contributed by atoms with Crippen LogP contribution < -0.4 is 10.6 Å². The summed E-state index contributed by atoms with van der Waals surface area (Å²) in [5.74, 6) is -1.78. The second-order valence-electron chi connectivity index (χ2n) is 3.52. The largest absolute Gasteiger partial charge is 0.481 e. The zero-order valence-corrected chi connectivity index (χ0v) is 11.9. The van der Waals surface area contributed by atoms with Crippen LogP contribution in [0.1, 0.15) is 12.8 Å². The van der Waals surface area contributed by atoms with Crippen molar-refractivity contribution in [2.24, 2.45) is 0 Å². The number of aliphatic carboxylic acids is 1. The molecule has 0 unspecified atom stereocenters. The third-order valence-corrected chi connectivity index (χ3v) is 2.80. The van der Waals surface area contributed by atoms with E-state index in [1.54, 1.807) is 18.2 Å². The molecule has 0 heterocycles. The normalized spacial score (nSPS) is 9.79. The van der Waals surface area contributed by atoms with Gasteiger partial charge in [-0.05, 0) is 18.2 Å². The molecule has 3 amide bonds. The molecule has 1 aromatic rings. The molecule has 102 valence electrons. The van der Waals surface area contributed by atoms with Crippen LogP contribution in [0.5, 0.6) is 0 Å². The van der Waals surface area contributed by atoms with Gasteiger partial charge >= 0.3 is 12.0 Å². The first-order chi connectivity index (χ1) is 8.88. The average Bonchev–Trinajstić information content (AvgIpc) is 2.30. The Morgan fingerprint density at radius 2 is 1.95 bits per heavy atom. The topological polar surface area (TPSA) is 95.5 Å². The van der Waals surface area contributed by atoms with Gasteiger partial charge in [-0.1, -0.05) is 27.5 Å². The molecule has 6 nitrogen and oxygen atoms in total. The third-order valence-electron chi connectivity index (χ3n) is 2.00. The molecule has 0 atom stereocenters. The van der Waals surface area contributed by atoms with E-state index in [0.29, 0.717) is 10.7 Å². The molecule has 8 heteroatoms. The quantitative estimate of drug-likeness (QED) is 0.778. The highest BCUT2D eigenvalue weighted by molar-refractivity contribution is 9.10. The molecular weight excluding hydrogens is 339 g/mol. The van der Waals surface area contributed by atoms with Crippen LogP contribution in [-0.2, 0) is 9.59 Å². The van der Waals surface area contributed by atoms with E-state index in [1.165, 1.54) is 0 Å². The van der Waals surface area contributed by atoms with Crippen molar-refractivity contribution in [3.05, 3.63) is 27.7 Å². The first kappa shape index (κ1) is 15.5. The van der Waals surface area contributed by atoms with Crippen LogP contribution in [0.4, 0.5) is 10.5 Å². The summed E-state index contributed by atoms with van der Waals surface area (Å²) in [5.41, 5.74) is 0.341. The van der Waals surface area contributed by atoms with Crippen molar-refractivity contribution in [2.75, 3.05) is 5.32 Å². The molecule has 0 saturated heterocycles. The van der Waals surface area contributed by atoms with Gasteiger partial charge in [0.15, 0.2) is 0 Å². The Balaban J connectivity index is 2.51. The summed E-state index contributed by atoms with van der Waals surface area (Å²) in [6, 6.07) is 4.06. The van der Waals surface area contributed by atoms with Crippen LogP contribution in [0.15, 0.2) is 22.7 Å². The molecule has 1 rings (SSSR count). The molecule has 0 saturated carbocycles. The highest BCUT2D eigenvalue weighted by atomic mass is 79.9. The summed E-state index contributed by atoms with van der Waals surface area (Å²) in [7, 11) is 0. The van der Waals surface area contributed by atoms with Crippen molar-refractivity contribution in [1.29, 1.82) is 0 Å². The van der Waals surface area contributed by atoms with Gasteiger partial charge < -0.3 is 10.4 Å². The number of nitrogens with one attached hydrogen (secondary N) is 2. The van der Waals surface area contributed by atoms with Gasteiger partial charge in [0.2, 0.25) is 5.91 Å². The zero-order valence-electron chi connectivity index (χ0n) is 9.57. The number of carbonyl (C=O) groups excluding carboxylic acids is 2. The van der Waals surface area contributed by atoms with Crippen LogP contribution >= 0.6 is 27.5 Å². The van der Waals surface area contributed by atoms with Gasteiger partial charge in [0.05, 0.1) is 17.1 Å². The van der Waals surface area contributed by atoms with Crippen molar-refractivity contribution in [3.8, 4) is 0 Å². The van der Waals surface area contributed by atoms with Gasteiger partial charge in [-0.25, -0.2) is 4.79 Å². The highest BCUT2D eigenvalue weighted by Crippen LogP contribution is 2.25. The van der Waals surface area contributed by atoms with Crippen molar-refractivity contribution in [3.63, 3.8) is 0 Å². The molecule has 0 bridgehead atoms. The molecule has 0 aliphatic carbocycles. The molecule has 0 aliphatic rings. The maximum Gasteiger partial charge on any atom is 0.325 e.